The molecule has 2 aliphatic rings. The van der Waals surface area contributed by atoms with Crippen molar-refractivity contribution in [3.63, 3.8) is 0 Å². The molecule has 6 aromatic carbocycles. The van der Waals surface area contributed by atoms with Crippen LogP contribution in [0.1, 0.15) is 49.9 Å². The van der Waals surface area contributed by atoms with E-state index in [0.717, 1.165) is 0 Å². The van der Waals surface area contributed by atoms with Crippen molar-refractivity contribution in [1.29, 1.82) is 0 Å². The molecule has 0 saturated carbocycles. The Morgan fingerprint density at radius 1 is 0.372 bits per heavy atom. The lowest BCUT2D eigenvalue weighted by Crippen LogP contribution is -2.31. The monoisotopic (exact) mass is 553 g/mol. The van der Waals surface area contributed by atoms with Crippen LogP contribution in [-0.2, 0) is 10.8 Å². The first-order valence-electron chi connectivity index (χ1n) is 15.3. The number of hydrogen-bond acceptors (Lipinski definition) is 1. The number of rotatable bonds is 3. The van der Waals surface area contributed by atoms with E-state index < -0.39 is 0 Å². The van der Waals surface area contributed by atoms with E-state index in [4.69, 9.17) is 0 Å². The van der Waals surface area contributed by atoms with E-state index in [1.54, 1.807) is 0 Å². The van der Waals surface area contributed by atoms with Crippen molar-refractivity contribution in [2.75, 3.05) is 4.90 Å². The molecule has 1 aliphatic carbocycles. The maximum absolute atomic E-state index is 2.49. The average Bonchev–Trinajstić information content (AvgIpc) is 3.27. The van der Waals surface area contributed by atoms with Crippen molar-refractivity contribution in [3.05, 3.63) is 162 Å². The fourth-order valence-electron chi connectivity index (χ4n) is 7.57. The van der Waals surface area contributed by atoms with E-state index in [1.807, 2.05) is 0 Å². The van der Waals surface area contributed by atoms with Crippen LogP contribution in [-0.4, -0.2) is 0 Å². The molecule has 0 saturated heterocycles. The van der Waals surface area contributed by atoms with Crippen LogP contribution in [0.3, 0.4) is 0 Å². The Bertz CT molecular complexity index is 2010. The predicted octanol–water partition coefficient (Wildman–Crippen LogP) is 11.4. The summed E-state index contributed by atoms with van der Waals surface area (Å²) in [7, 11) is 0. The van der Waals surface area contributed by atoms with Crippen LogP contribution >= 0.6 is 0 Å². The molecule has 43 heavy (non-hydrogen) atoms. The highest BCUT2D eigenvalue weighted by molar-refractivity contribution is 5.92. The highest BCUT2D eigenvalue weighted by Crippen LogP contribution is 2.57. The molecule has 1 aliphatic heterocycles. The lowest BCUT2D eigenvalue weighted by molar-refractivity contribution is 0.627. The van der Waals surface area contributed by atoms with E-state index in [9.17, 15) is 0 Å². The van der Waals surface area contributed by atoms with Crippen molar-refractivity contribution < 1.29 is 0 Å². The molecule has 208 valence electrons. The maximum Gasteiger partial charge on any atom is 0.0506 e. The first-order chi connectivity index (χ1) is 20.9. The zero-order valence-corrected chi connectivity index (χ0v) is 25.2. The van der Waals surface area contributed by atoms with Crippen LogP contribution in [0, 0.1) is 0 Å². The molecule has 0 radical (unpaired) electrons. The first kappa shape index (κ1) is 25.8. The van der Waals surface area contributed by atoms with E-state index in [1.165, 1.54) is 72.7 Å². The van der Waals surface area contributed by atoms with E-state index in [2.05, 4.69) is 172 Å². The molecule has 1 heteroatoms. The summed E-state index contributed by atoms with van der Waals surface area (Å²) in [6.45, 7) is 9.50. The van der Waals surface area contributed by atoms with Gasteiger partial charge in [0, 0.05) is 16.5 Å². The summed E-state index contributed by atoms with van der Waals surface area (Å²) in [5.41, 5.74) is 16.8. The molecular weight excluding hydrogens is 518 g/mol. The number of anilines is 3. The van der Waals surface area contributed by atoms with Gasteiger partial charge in [-0.25, -0.2) is 0 Å². The van der Waals surface area contributed by atoms with Gasteiger partial charge in [0.2, 0.25) is 0 Å². The van der Waals surface area contributed by atoms with Gasteiger partial charge in [-0.15, -0.1) is 0 Å². The van der Waals surface area contributed by atoms with Gasteiger partial charge in [-0.2, -0.15) is 0 Å². The van der Waals surface area contributed by atoms with Crippen molar-refractivity contribution in [3.8, 4) is 33.4 Å². The predicted molar refractivity (Wildman–Crippen MR) is 182 cm³/mol. The molecule has 1 nitrogen and oxygen atoms in total. The van der Waals surface area contributed by atoms with Gasteiger partial charge in [-0.1, -0.05) is 137 Å². The molecule has 0 unspecified atom stereocenters. The summed E-state index contributed by atoms with van der Waals surface area (Å²) in [4.78, 5) is 2.49. The summed E-state index contributed by atoms with van der Waals surface area (Å²) in [6, 6.07) is 51.4. The maximum atomic E-state index is 2.49. The lowest BCUT2D eigenvalue weighted by Gasteiger charge is -2.43. The summed E-state index contributed by atoms with van der Waals surface area (Å²) in [5.74, 6) is 0. The minimum absolute atomic E-state index is 0.0568. The van der Waals surface area contributed by atoms with Gasteiger partial charge in [0.15, 0.2) is 0 Å². The van der Waals surface area contributed by atoms with E-state index in [-0.39, 0.29) is 10.8 Å². The van der Waals surface area contributed by atoms with Crippen LogP contribution in [0.25, 0.3) is 33.4 Å². The third kappa shape index (κ3) is 3.78. The Morgan fingerprint density at radius 2 is 0.907 bits per heavy atom. The van der Waals surface area contributed by atoms with E-state index in [0.29, 0.717) is 0 Å². The topological polar surface area (TPSA) is 3.24 Å². The number of para-hydroxylation sites is 1. The third-order valence-electron chi connectivity index (χ3n) is 9.88. The summed E-state index contributed by atoms with van der Waals surface area (Å²) >= 11 is 0. The van der Waals surface area contributed by atoms with Crippen LogP contribution in [0.2, 0.25) is 0 Å². The number of benzene rings is 6. The largest absolute Gasteiger partial charge is 0.310 e. The molecule has 6 aromatic rings. The lowest BCUT2D eigenvalue weighted by atomic mass is 9.72. The number of hydrogen-bond donors (Lipinski definition) is 0. The van der Waals surface area contributed by atoms with Gasteiger partial charge in [-0.3, -0.25) is 0 Å². The quantitative estimate of drug-likeness (QED) is 0.211. The minimum atomic E-state index is -0.131. The molecular formula is C42H35N. The van der Waals surface area contributed by atoms with Gasteiger partial charge in [-0.05, 0) is 86.0 Å². The molecule has 8 rings (SSSR count). The zero-order valence-electron chi connectivity index (χ0n) is 25.2. The van der Waals surface area contributed by atoms with Crippen molar-refractivity contribution >= 4 is 17.1 Å². The summed E-state index contributed by atoms with van der Waals surface area (Å²) in [6.07, 6.45) is 0. The van der Waals surface area contributed by atoms with Gasteiger partial charge in [0.1, 0.15) is 0 Å². The second-order valence-corrected chi connectivity index (χ2v) is 13.0. The van der Waals surface area contributed by atoms with Gasteiger partial charge in [0.05, 0.1) is 11.4 Å². The Hall–Kier alpha value is -4.88. The highest BCUT2D eigenvalue weighted by atomic mass is 15.2. The fourth-order valence-corrected chi connectivity index (χ4v) is 7.57. The SMILES string of the molecule is CC1(C)c2ccccc2-c2cc3c(cc21)N(c1ccc(-c2ccccc2-c2ccccc2)cc1)c1ccccc1C3(C)C. The van der Waals surface area contributed by atoms with Gasteiger partial charge in [0.25, 0.3) is 0 Å². The second-order valence-electron chi connectivity index (χ2n) is 13.0. The summed E-state index contributed by atoms with van der Waals surface area (Å²) in [5, 5.41) is 0. The Morgan fingerprint density at radius 3 is 1.60 bits per heavy atom. The highest BCUT2D eigenvalue weighted by Gasteiger charge is 2.42. The average molecular weight is 554 g/mol. The molecule has 0 aromatic heterocycles. The normalized spacial score (nSPS) is 15.3. The molecule has 0 fully saturated rings. The van der Waals surface area contributed by atoms with Crippen LogP contribution < -0.4 is 4.90 Å². The number of nitrogens with zero attached hydrogens (tertiary/aromatic N) is 1. The molecule has 0 bridgehead atoms. The van der Waals surface area contributed by atoms with Crippen molar-refractivity contribution in [2.24, 2.45) is 0 Å². The molecule has 0 atom stereocenters. The second kappa shape index (κ2) is 9.31. The fraction of sp³-hybridized carbons (Fsp3) is 0.143. The first-order valence-corrected chi connectivity index (χ1v) is 15.3. The molecule has 0 spiro atoms. The van der Waals surface area contributed by atoms with Crippen LogP contribution in [0.4, 0.5) is 17.1 Å². The van der Waals surface area contributed by atoms with Crippen molar-refractivity contribution in [2.45, 2.75) is 38.5 Å². The van der Waals surface area contributed by atoms with Crippen LogP contribution in [0.15, 0.2) is 140 Å². The zero-order chi connectivity index (χ0) is 29.3. The molecule has 0 amide bonds. The summed E-state index contributed by atoms with van der Waals surface area (Å²) < 4.78 is 0. The minimum Gasteiger partial charge on any atom is -0.310 e. The van der Waals surface area contributed by atoms with Crippen molar-refractivity contribution in [1.82, 2.24) is 0 Å². The van der Waals surface area contributed by atoms with Crippen LogP contribution in [0.5, 0.6) is 0 Å². The Balaban J connectivity index is 1.30. The Labute approximate surface area is 255 Å². The Kier molecular flexibility index (Phi) is 5.59. The van der Waals surface area contributed by atoms with Gasteiger partial charge < -0.3 is 4.90 Å². The molecule has 0 N–H and O–H groups in total. The van der Waals surface area contributed by atoms with E-state index >= 15 is 0 Å². The smallest absolute Gasteiger partial charge is 0.0506 e. The number of fused-ring (bicyclic) bond motifs is 5. The standard InChI is InChI=1S/C42H35N/c1-41(2)35-19-11-10-18-33(35)34-26-38-40(27-37(34)41)43(39-21-13-12-20-36(39)42(38,3)4)30-24-22-29(23-25-30)32-17-9-8-16-31(32)28-14-6-5-7-15-28/h5-27H,1-4H3. The third-order valence-corrected chi connectivity index (χ3v) is 9.88. The molecule has 1 heterocycles. The van der Waals surface area contributed by atoms with Gasteiger partial charge >= 0.3 is 0 Å².